The molecule has 2 aliphatic rings. The number of carbonyl (C=O) groups excluding carboxylic acids is 3. The van der Waals surface area contributed by atoms with Crippen LogP contribution in [0.15, 0.2) is 48.5 Å². The minimum atomic E-state index is -0.478. The lowest BCUT2D eigenvalue weighted by atomic mass is 9.98. The van der Waals surface area contributed by atoms with Crippen LogP contribution >= 0.6 is 0 Å². The monoisotopic (exact) mass is 603 g/mol. The highest BCUT2D eigenvalue weighted by molar-refractivity contribution is 5.95. The molecule has 0 saturated carbocycles. The van der Waals surface area contributed by atoms with Gasteiger partial charge in [-0.2, -0.15) is 5.10 Å². The van der Waals surface area contributed by atoms with Crippen LogP contribution in [0.4, 0.5) is 0 Å². The molecule has 2 bridgehead atoms. The Bertz CT molecular complexity index is 1450. The summed E-state index contributed by atoms with van der Waals surface area (Å²) in [6, 6.07) is 14.2. The molecule has 1 fully saturated rings. The lowest BCUT2D eigenvalue weighted by Gasteiger charge is -2.30. The number of fused-ring (bicyclic) bond motifs is 3. The van der Waals surface area contributed by atoms with Gasteiger partial charge in [0.2, 0.25) is 11.8 Å². The number of nitrogens with zero attached hydrogens (tertiary/aromatic N) is 4. The number of hydrogen-bond donors (Lipinski definition) is 3. The van der Waals surface area contributed by atoms with Crippen molar-refractivity contribution in [1.29, 1.82) is 0 Å². The van der Waals surface area contributed by atoms with Gasteiger partial charge < -0.3 is 30.3 Å². The quantitative estimate of drug-likeness (QED) is 0.413. The van der Waals surface area contributed by atoms with Crippen molar-refractivity contribution >= 4 is 17.7 Å². The summed E-state index contributed by atoms with van der Waals surface area (Å²) < 4.78 is 13.3. The molecular weight excluding hydrogens is 562 g/mol. The number of ether oxygens (including phenoxy) is 2. The molecule has 2 aromatic carbocycles. The molecule has 0 aliphatic carbocycles. The molecule has 12 heteroatoms. The van der Waals surface area contributed by atoms with Crippen molar-refractivity contribution in [3.8, 4) is 22.9 Å². The zero-order chi connectivity index (χ0) is 31.1. The second-order valence-electron chi connectivity index (χ2n) is 11.4. The Morgan fingerprint density at radius 1 is 1.07 bits per heavy atom. The number of carbonyl (C=O) groups is 3. The molecule has 0 radical (unpaired) electrons. The Labute approximate surface area is 257 Å². The van der Waals surface area contributed by atoms with E-state index in [1.54, 1.807) is 34.9 Å². The van der Waals surface area contributed by atoms with Gasteiger partial charge in [0.25, 0.3) is 5.91 Å². The van der Waals surface area contributed by atoms with Gasteiger partial charge in [0, 0.05) is 30.8 Å². The molecule has 0 spiro atoms. The fourth-order valence-electron chi connectivity index (χ4n) is 5.55. The fraction of sp³-hybridized carbons (Fsp3) is 0.469. The molecule has 5 rings (SSSR count). The van der Waals surface area contributed by atoms with E-state index in [-0.39, 0.29) is 55.8 Å². The molecule has 1 aromatic heterocycles. The maximum absolute atomic E-state index is 13.6. The van der Waals surface area contributed by atoms with Gasteiger partial charge in [-0.15, -0.1) is 0 Å². The van der Waals surface area contributed by atoms with E-state index in [9.17, 15) is 14.4 Å². The summed E-state index contributed by atoms with van der Waals surface area (Å²) >= 11 is 0. The largest absolute Gasteiger partial charge is 0.493 e. The van der Waals surface area contributed by atoms with Crippen LogP contribution in [0.25, 0.3) is 11.4 Å². The Morgan fingerprint density at radius 2 is 1.89 bits per heavy atom. The van der Waals surface area contributed by atoms with Gasteiger partial charge in [-0.05, 0) is 43.5 Å². The van der Waals surface area contributed by atoms with Crippen LogP contribution in [-0.2, 0) is 16.1 Å². The van der Waals surface area contributed by atoms with Gasteiger partial charge in [0.15, 0.2) is 23.1 Å². The molecular formula is C32H41N7O5. The summed E-state index contributed by atoms with van der Waals surface area (Å²) in [5, 5.41) is 14.1. The average Bonchev–Trinajstić information content (AvgIpc) is 3.46. The van der Waals surface area contributed by atoms with Crippen LogP contribution in [0.5, 0.6) is 11.5 Å². The summed E-state index contributed by atoms with van der Waals surface area (Å²) in [6.45, 7) is 6.23. The second kappa shape index (κ2) is 14.3. The van der Waals surface area contributed by atoms with E-state index in [1.807, 2.05) is 44.2 Å². The highest BCUT2D eigenvalue weighted by atomic mass is 16.5. The first-order chi connectivity index (χ1) is 21.3. The van der Waals surface area contributed by atoms with Gasteiger partial charge >= 0.3 is 0 Å². The molecule has 1 saturated heterocycles. The average molecular weight is 604 g/mol. The van der Waals surface area contributed by atoms with Crippen molar-refractivity contribution in [2.24, 2.45) is 11.8 Å². The molecule has 0 unspecified atom stereocenters. The Hall–Kier alpha value is -4.45. The van der Waals surface area contributed by atoms with Crippen LogP contribution in [0.2, 0.25) is 0 Å². The number of benzene rings is 2. The third-order valence-corrected chi connectivity index (χ3v) is 7.94. The Morgan fingerprint density at radius 3 is 2.61 bits per heavy atom. The topological polar surface area (TPSA) is 140 Å². The van der Waals surface area contributed by atoms with Gasteiger partial charge in [-0.3, -0.25) is 14.4 Å². The number of piperidine rings is 1. The smallest absolute Gasteiger partial charge is 0.251 e. The number of nitrogens with one attached hydrogen (secondary N) is 3. The number of rotatable bonds is 4. The molecule has 2 aliphatic heterocycles. The van der Waals surface area contributed by atoms with Gasteiger partial charge in [-0.1, -0.05) is 44.2 Å². The SMILES string of the molecule is COc1ccc2cc1OCCn1nc(-c3ccccc3)nc1[C@@H](C(C)C)NC(=O)CN(C(=O)[C@H]1CCCNC1)CCNC2=O. The summed E-state index contributed by atoms with van der Waals surface area (Å²) in [5.41, 5.74) is 1.24. The van der Waals surface area contributed by atoms with E-state index in [2.05, 4.69) is 16.0 Å². The summed E-state index contributed by atoms with van der Waals surface area (Å²) in [7, 11) is 1.54. The molecule has 2 atom stereocenters. The van der Waals surface area contributed by atoms with Crippen molar-refractivity contribution in [3.63, 3.8) is 0 Å². The first-order valence-electron chi connectivity index (χ1n) is 15.2. The van der Waals surface area contributed by atoms with Crippen LogP contribution in [-0.4, -0.2) is 83.8 Å². The number of aromatic nitrogens is 3. The first kappa shape index (κ1) is 31.0. The van der Waals surface area contributed by atoms with Crippen LogP contribution in [0.3, 0.4) is 0 Å². The summed E-state index contributed by atoms with van der Waals surface area (Å²) in [5.74, 6) is 1.06. The minimum Gasteiger partial charge on any atom is -0.493 e. The van der Waals surface area contributed by atoms with Crippen molar-refractivity contribution in [1.82, 2.24) is 35.6 Å². The first-order valence-corrected chi connectivity index (χ1v) is 15.2. The van der Waals surface area contributed by atoms with Crippen molar-refractivity contribution in [2.45, 2.75) is 39.3 Å². The number of methoxy groups -OCH3 is 1. The van der Waals surface area contributed by atoms with E-state index in [0.717, 1.165) is 24.9 Å². The molecule has 3 amide bonds. The highest BCUT2D eigenvalue weighted by Crippen LogP contribution is 2.29. The normalized spacial score (nSPS) is 20.1. The third kappa shape index (κ3) is 7.36. The number of amides is 3. The van der Waals surface area contributed by atoms with E-state index >= 15 is 0 Å². The fourth-order valence-corrected chi connectivity index (χ4v) is 5.55. The zero-order valence-corrected chi connectivity index (χ0v) is 25.5. The molecule has 44 heavy (non-hydrogen) atoms. The highest BCUT2D eigenvalue weighted by Gasteiger charge is 2.30. The minimum absolute atomic E-state index is 0.0312. The summed E-state index contributed by atoms with van der Waals surface area (Å²) in [6.07, 6.45) is 1.65. The van der Waals surface area contributed by atoms with Gasteiger partial charge in [-0.25, -0.2) is 9.67 Å². The van der Waals surface area contributed by atoms with Crippen LogP contribution in [0, 0.1) is 11.8 Å². The molecule has 3 N–H and O–H groups in total. The predicted molar refractivity (Wildman–Crippen MR) is 164 cm³/mol. The molecule has 12 nitrogen and oxygen atoms in total. The van der Waals surface area contributed by atoms with E-state index in [0.29, 0.717) is 41.8 Å². The standard InChI is InChI=1S/C32H41N7O5/c1-21(2)28-30-36-29(22-8-5-4-6-9-22)37-39(30)16-17-44-26-18-23(11-12-25(26)43-3)31(41)34-14-15-38(20-27(40)35-28)32(42)24-10-7-13-33-19-24/h4-6,8-9,11-12,18,21,24,28,33H,7,10,13-17,19-20H2,1-3H3,(H,34,41)(H,35,40)/t24-,28+/m0/s1. The molecule has 234 valence electrons. The van der Waals surface area contributed by atoms with Gasteiger partial charge in [0.05, 0.1) is 32.2 Å². The summed E-state index contributed by atoms with van der Waals surface area (Å²) in [4.78, 5) is 46.7. The lowest BCUT2D eigenvalue weighted by Crippen LogP contribution is -2.49. The van der Waals surface area contributed by atoms with Crippen molar-refractivity contribution in [2.75, 3.05) is 46.4 Å². The van der Waals surface area contributed by atoms with Gasteiger partial charge in [0.1, 0.15) is 6.61 Å². The van der Waals surface area contributed by atoms with E-state index in [4.69, 9.17) is 19.6 Å². The lowest BCUT2D eigenvalue weighted by molar-refractivity contribution is -0.140. The second-order valence-corrected chi connectivity index (χ2v) is 11.4. The molecule has 3 aromatic rings. The van der Waals surface area contributed by atoms with Crippen molar-refractivity contribution < 1.29 is 23.9 Å². The van der Waals surface area contributed by atoms with E-state index < -0.39 is 6.04 Å². The zero-order valence-electron chi connectivity index (χ0n) is 25.5. The third-order valence-electron chi connectivity index (χ3n) is 7.94. The van der Waals surface area contributed by atoms with Crippen LogP contribution < -0.4 is 25.4 Å². The maximum atomic E-state index is 13.6. The number of hydrogen-bond acceptors (Lipinski definition) is 8. The van der Waals surface area contributed by atoms with Crippen molar-refractivity contribution in [3.05, 3.63) is 59.9 Å². The Kier molecular flexibility index (Phi) is 10.1. The van der Waals surface area contributed by atoms with E-state index in [1.165, 1.54) is 0 Å². The Balaban J connectivity index is 1.50. The molecule has 3 heterocycles. The predicted octanol–water partition coefficient (Wildman–Crippen LogP) is 2.42. The maximum Gasteiger partial charge on any atom is 0.251 e. The van der Waals surface area contributed by atoms with Crippen LogP contribution in [0.1, 0.15) is 48.9 Å².